The van der Waals surface area contributed by atoms with E-state index in [0.29, 0.717) is 34.8 Å². The number of aryl methyl sites for hydroxylation is 6. The summed E-state index contributed by atoms with van der Waals surface area (Å²) in [7, 11) is 0. The molecule has 106 heavy (non-hydrogen) atoms. The van der Waals surface area contributed by atoms with Crippen molar-refractivity contribution in [3.63, 3.8) is 0 Å². The number of fused-ring (bicyclic) bond motifs is 6. The zero-order valence-corrected chi connectivity index (χ0v) is 66.9. The fourth-order valence-corrected chi connectivity index (χ4v) is 23.4. The minimum atomic E-state index is -0.866. The zero-order valence-electron chi connectivity index (χ0n) is 57.1. The van der Waals surface area contributed by atoms with Gasteiger partial charge >= 0.3 is 29.8 Å². The monoisotopic (exact) mass is 1650 g/mol. The molecule has 0 saturated heterocycles. The third kappa shape index (κ3) is 18.6. The van der Waals surface area contributed by atoms with Gasteiger partial charge in [-0.05, 0) is 155 Å². The number of nitrogens with zero attached hydrogens (tertiary/aromatic N) is 12. The van der Waals surface area contributed by atoms with E-state index in [1.165, 1.54) is 96.9 Å². The van der Waals surface area contributed by atoms with E-state index in [1.807, 2.05) is 107 Å². The lowest BCUT2D eigenvalue weighted by atomic mass is 10.2. The van der Waals surface area contributed by atoms with Crippen LogP contribution in [0.4, 0.5) is 0 Å². The lowest BCUT2D eigenvalue weighted by Gasteiger charge is -1.93. The van der Waals surface area contributed by atoms with Crippen molar-refractivity contribution >= 4 is 260 Å². The van der Waals surface area contributed by atoms with Gasteiger partial charge in [-0.15, -0.1) is 139 Å². The SMILES string of the molecule is Cc1ccc2nc(C3=NC(C(=O)O)CS3)sc2c1.Cc1ccc2nc(C3=NC(C(=O)O)CS3)sc2c1.Cc1ccc2nc(C3=NC(C(=O)O)CS3)sc2c1.Cc1ccc2nc(C3=NC(C(=O)O)CS3)sc2c1.Cc1ccc2nc(C3=NC(C(=O)O)CS3)sc2c1.Cc1ccc2nc(C3=NC(C)CS3)sc2c1.[HH].[HH].[HH].[HH].[HH].[HH]. The van der Waals surface area contributed by atoms with Gasteiger partial charge in [0.1, 0.15) is 60.3 Å². The van der Waals surface area contributed by atoms with E-state index in [1.54, 1.807) is 68.0 Å². The van der Waals surface area contributed by atoms with Gasteiger partial charge < -0.3 is 25.5 Å². The minimum Gasteiger partial charge on any atom is -0.480 e. The highest BCUT2D eigenvalue weighted by atomic mass is 32.2. The number of thiazole rings is 6. The summed E-state index contributed by atoms with van der Waals surface area (Å²) < 4.78 is 6.85. The highest BCUT2D eigenvalue weighted by Gasteiger charge is 2.32. The molecular formula is C72H74N12O10S12. The van der Waals surface area contributed by atoms with Crippen LogP contribution in [0.2, 0.25) is 0 Å². The number of rotatable bonds is 11. The van der Waals surface area contributed by atoms with Crippen molar-refractivity contribution in [2.24, 2.45) is 30.0 Å². The van der Waals surface area contributed by atoms with Crippen LogP contribution in [-0.4, -0.2) is 186 Å². The molecule has 5 N–H and O–H groups in total. The molecule has 22 nitrogen and oxygen atoms in total. The van der Waals surface area contributed by atoms with E-state index in [0.717, 1.165) is 123 Å². The number of hydrogen-bond donors (Lipinski definition) is 5. The first-order valence-corrected chi connectivity index (χ1v) is 43.3. The van der Waals surface area contributed by atoms with Crippen LogP contribution >= 0.6 is 139 Å². The third-order valence-corrected chi connectivity index (χ3v) is 29.3. The molecule has 12 aromatic rings. The highest BCUT2D eigenvalue weighted by molar-refractivity contribution is 8.16. The molecule has 12 heterocycles. The van der Waals surface area contributed by atoms with Gasteiger partial charge in [0.25, 0.3) is 0 Å². The van der Waals surface area contributed by atoms with Gasteiger partial charge in [-0.3, -0.25) is 30.0 Å². The molecule has 0 bridgehead atoms. The number of aliphatic imine (C=N–C) groups is 6. The van der Waals surface area contributed by atoms with Crippen LogP contribution in [0.1, 0.15) is 78.9 Å². The summed E-state index contributed by atoms with van der Waals surface area (Å²) in [6.07, 6.45) is 0. The zero-order chi connectivity index (χ0) is 74.6. The fraction of sp³-hybridized carbons (Fsp3) is 0.264. The summed E-state index contributed by atoms with van der Waals surface area (Å²) in [5.74, 6) is -0.746. The number of aliphatic carboxylic acids is 5. The Labute approximate surface area is 664 Å². The summed E-state index contributed by atoms with van der Waals surface area (Å²) in [6, 6.07) is 34.2. The Morgan fingerprint density at radius 2 is 0.453 bits per heavy atom. The summed E-state index contributed by atoms with van der Waals surface area (Å²) in [4.78, 5) is 107. The van der Waals surface area contributed by atoms with Crippen LogP contribution in [0.15, 0.2) is 139 Å². The van der Waals surface area contributed by atoms with Crippen LogP contribution in [0.3, 0.4) is 0 Å². The van der Waals surface area contributed by atoms with Crippen LogP contribution in [0.5, 0.6) is 0 Å². The molecule has 0 radical (unpaired) electrons. The van der Waals surface area contributed by atoms with Gasteiger partial charge in [-0.2, -0.15) is 0 Å². The number of carbonyl (C=O) groups is 5. The van der Waals surface area contributed by atoms with E-state index in [-0.39, 0.29) is 8.56 Å². The van der Waals surface area contributed by atoms with Gasteiger partial charge in [-0.1, -0.05) is 36.4 Å². The van der Waals surface area contributed by atoms with E-state index in [4.69, 9.17) is 25.5 Å². The molecule has 6 aromatic carbocycles. The van der Waals surface area contributed by atoms with Gasteiger partial charge in [0.15, 0.2) is 30.2 Å². The third-order valence-electron chi connectivity index (χ3n) is 15.8. The molecular weight excluding hydrogens is 1580 g/mol. The Balaban J connectivity index is 0.000000185. The van der Waals surface area contributed by atoms with Gasteiger partial charge in [-0.25, -0.2) is 53.9 Å². The molecule has 6 unspecified atom stereocenters. The van der Waals surface area contributed by atoms with Crippen molar-refractivity contribution in [3.8, 4) is 0 Å². The van der Waals surface area contributed by atoms with E-state index in [2.05, 4.69) is 122 Å². The molecule has 0 amide bonds. The maximum Gasteiger partial charge on any atom is 0.329 e. The largest absolute Gasteiger partial charge is 0.480 e. The number of benzene rings is 6. The lowest BCUT2D eigenvalue weighted by Crippen LogP contribution is -2.17. The van der Waals surface area contributed by atoms with Crippen molar-refractivity contribution in [1.29, 1.82) is 0 Å². The lowest BCUT2D eigenvalue weighted by molar-refractivity contribution is -0.138. The molecule has 0 spiro atoms. The van der Waals surface area contributed by atoms with E-state index < -0.39 is 60.1 Å². The number of aromatic nitrogens is 6. The van der Waals surface area contributed by atoms with Gasteiger partial charge in [0, 0.05) is 43.1 Å². The molecule has 0 fully saturated rings. The second-order valence-corrected chi connectivity index (χ2v) is 36.8. The maximum atomic E-state index is 10.9. The summed E-state index contributed by atoms with van der Waals surface area (Å²) >= 11 is 18.7. The second kappa shape index (κ2) is 33.7. The Kier molecular flexibility index (Phi) is 24.3. The maximum absolute atomic E-state index is 10.9. The second-order valence-electron chi connectivity index (χ2n) is 24.5. The smallest absolute Gasteiger partial charge is 0.329 e. The predicted molar refractivity (Wildman–Crippen MR) is 459 cm³/mol. The normalized spacial score (nSPS) is 19.3. The van der Waals surface area contributed by atoms with Crippen molar-refractivity contribution in [1.82, 2.24) is 29.9 Å². The standard InChI is InChI=1S/5C12H10N2O2S2.C12H12N2S2.6H2/c5*1-6-2-3-7-9(4-6)18-11(13-7)10-14-8(5-17-10)12(15)16;1-7-3-4-9-10(5-7)16-12(14-9)11-13-8(2)6-15-11;;;;;;/h5*2-4,8H,5H2,1H3,(H,15,16);3-5,8H,6H2,1-2H3;6*1H. The minimum absolute atomic E-state index is 0. The van der Waals surface area contributed by atoms with Crippen molar-refractivity contribution in [3.05, 3.63) is 173 Å². The highest BCUT2D eigenvalue weighted by Crippen LogP contribution is 2.37. The molecule has 6 aliphatic heterocycles. The quantitative estimate of drug-likeness (QED) is 0.0803. The van der Waals surface area contributed by atoms with Crippen molar-refractivity contribution in [2.75, 3.05) is 34.5 Å². The topological polar surface area (TPSA) is 338 Å². The molecule has 34 heteroatoms. The van der Waals surface area contributed by atoms with E-state index in [9.17, 15) is 24.0 Å². The number of carboxylic acid groups (broad SMARTS) is 5. The molecule has 554 valence electrons. The summed E-state index contributed by atoms with van der Waals surface area (Å²) in [5.41, 5.74) is 13.1. The molecule has 18 rings (SSSR count). The molecule has 6 atom stereocenters. The average Bonchev–Trinajstić information content (AvgIpc) is 1.69. The van der Waals surface area contributed by atoms with Gasteiger partial charge in [0.2, 0.25) is 0 Å². The Morgan fingerprint density at radius 1 is 0.283 bits per heavy atom. The van der Waals surface area contributed by atoms with Crippen LogP contribution in [0, 0.1) is 41.5 Å². The first-order valence-electron chi connectivity index (χ1n) is 32.5. The van der Waals surface area contributed by atoms with Crippen molar-refractivity contribution < 1.29 is 58.1 Å². The number of carboxylic acids is 5. The molecule has 0 aliphatic carbocycles. The van der Waals surface area contributed by atoms with Crippen LogP contribution in [-0.2, 0) is 24.0 Å². The Morgan fingerprint density at radius 3 is 0.604 bits per heavy atom. The predicted octanol–water partition coefficient (Wildman–Crippen LogP) is 17.7. The average molecular weight is 1650 g/mol. The van der Waals surface area contributed by atoms with Crippen LogP contribution in [0.25, 0.3) is 61.3 Å². The number of thioether (sulfide) groups is 6. The van der Waals surface area contributed by atoms with Gasteiger partial charge in [0.05, 0.1) is 67.3 Å². The summed E-state index contributed by atoms with van der Waals surface area (Å²) in [5, 5.41) is 54.7. The van der Waals surface area contributed by atoms with E-state index >= 15 is 0 Å². The summed E-state index contributed by atoms with van der Waals surface area (Å²) in [6.45, 7) is 14.5. The van der Waals surface area contributed by atoms with Crippen LogP contribution < -0.4 is 0 Å². The van der Waals surface area contributed by atoms with Crippen molar-refractivity contribution in [2.45, 2.75) is 84.7 Å². The first-order chi connectivity index (χ1) is 50.9. The molecule has 0 saturated carbocycles. The fourth-order valence-electron chi connectivity index (χ4n) is 10.4. The molecule has 6 aromatic heterocycles. The molecule has 6 aliphatic rings. The number of hydrogen-bond acceptors (Lipinski definition) is 29. The Bertz CT molecular complexity index is 5020. The first kappa shape index (κ1) is 76.3. The Hall–Kier alpha value is -7.87.